The Balaban J connectivity index is 2.20. The summed E-state index contributed by atoms with van der Waals surface area (Å²) in [5.74, 6) is -0.845. The molecule has 98 valence electrons. The first-order chi connectivity index (χ1) is 8.58. The number of aromatic carboxylic acids is 1. The monoisotopic (exact) mass is 247 g/mol. The van der Waals surface area contributed by atoms with Crippen LogP contribution in [0.25, 0.3) is 0 Å². The summed E-state index contributed by atoms with van der Waals surface area (Å²) in [6.45, 7) is 3.83. The zero-order valence-corrected chi connectivity index (χ0v) is 11.1. The molecule has 1 aliphatic carbocycles. The predicted octanol–water partition coefficient (Wildman–Crippen LogP) is 3.75. The van der Waals surface area contributed by atoms with Crippen molar-refractivity contribution >= 4 is 11.7 Å². The fraction of sp³-hybridized carbons (Fsp3) is 0.533. The highest BCUT2D eigenvalue weighted by molar-refractivity contribution is 5.91. The van der Waals surface area contributed by atoms with Crippen LogP contribution < -0.4 is 5.32 Å². The van der Waals surface area contributed by atoms with Crippen LogP contribution in [-0.4, -0.2) is 17.1 Å². The molecule has 3 heteroatoms. The second-order valence-corrected chi connectivity index (χ2v) is 5.25. The molecule has 0 amide bonds. The van der Waals surface area contributed by atoms with Crippen LogP contribution in [0.2, 0.25) is 0 Å². The molecule has 1 aromatic rings. The number of aryl methyl sites for hydroxylation is 1. The fourth-order valence-corrected chi connectivity index (χ4v) is 2.65. The van der Waals surface area contributed by atoms with E-state index in [4.69, 9.17) is 0 Å². The zero-order chi connectivity index (χ0) is 13.1. The molecule has 3 nitrogen and oxygen atoms in total. The predicted molar refractivity (Wildman–Crippen MR) is 73.4 cm³/mol. The Labute approximate surface area is 108 Å². The van der Waals surface area contributed by atoms with Crippen molar-refractivity contribution in [2.75, 3.05) is 5.32 Å². The number of nitrogens with one attached hydrogen (secondary N) is 1. The van der Waals surface area contributed by atoms with E-state index in [-0.39, 0.29) is 0 Å². The van der Waals surface area contributed by atoms with Crippen molar-refractivity contribution in [3.05, 3.63) is 28.8 Å². The Bertz CT molecular complexity index is 448. The first-order valence-electron chi connectivity index (χ1n) is 6.69. The van der Waals surface area contributed by atoms with Crippen molar-refractivity contribution in [2.24, 2.45) is 0 Å². The van der Waals surface area contributed by atoms with Gasteiger partial charge in [-0.3, -0.25) is 0 Å². The lowest BCUT2D eigenvalue weighted by Crippen LogP contribution is -2.22. The van der Waals surface area contributed by atoms with Crippen LogP contribution in [0.3, 0.4) is 0 Å². The number of carboxylic acid groups (broad SMARTS) is 1. The van der Waals surface area contributed by atoms with Gasteiger partial charge in [0, 0.05) is 11.7 Å². The number of anilines is 1. The van der Waals surface area contributed by atoms with Gasteiger partial charge >= 0.3 is 5.97 Å². The number of carbonyl (C=O) groups is 1. The number of hydrogen-bond donors (Lipinski definition) is 2. The van der Waals surface area contributed by atoms with Crippen molar-refractivity contribution in [3.8, 4) is 0 Å². The van der Waals surface area contributed by atoms with Gasteiger partial charge in [0.25, 0.3) is 0 Å². The molecule has 0 heterocycles. The van der Waals surface area contributed by atoms with Crippen molar-refractivity contribution in [2.45, 2.75) is 52.0 Å². The summed E-state index contributed by atoms with van der Waals surface area (Å²) in [6.07, 6.45) is 6.25. The molecule has 18 heavy (non-hydrogen) atoms. The van der Waals surface area contributed by atoms with Crippen LogP contribution in [0.15, 0.2) is 12.1 Å². The molecule has 1 aromatic carbocycles. The van der Waals surface area contributed by atoms with E-state index in [2.05, 4.69) is 11.4 Å². The zero-order valence-electron chi connectivity index (χ0n) is 11.1. The molecular formula is C15H21NO2. The summed E-state index contributed by atoms with van der Waals surface area (Å²) < 4.78 is 0. The summed E-state index contributed by atoms with van der Waals surface area (Å²) in [7, 11) is 0. The maximum atomic E-state index is 11.2. The van der Waals surface area contributed by atoms with Gasteiger partial charge in [-0.05, 0) is 49.9 Å². The Hall–Kier alpha value is -1.51. The van der Waals surface area contributed by atoms with E-state index >= 15 is 0 Å². The molecule has 0 saturated heterocycles. The van der Waals surface area contributed by atoms with Gasteiger partial charge in [0.05, 0.1) is 5.56 Å². The number of benzene rings is 1. The summed E-state index contributed by atoms with van der Waals surface area (Å²) >= 11 is 0. The Morgan fingerprint density at radius 2 is 1.89 bits per heavy atom. The summed E-state index contributed by atoms with van der Waals surface area (Å²) in [5.41, 5.74) is 3.25. The summed E-state index contributed by atoms with van der Waals surface area (Å²) in [4.78, 5) is 11.2. The standard InChI is InChI=1S/C15H21NO2/c1-10-8-13(9-14(11(10)2)15(17)18)16-12-6-4-3-5-7-12/h8-9,12,16H,3-7H2,1-2H3,(H,17,18). The third kappa shape index (κ3) is 2.84. The molecule has 1 saturated carbocycles. The minimum absolute atomic E-state index is 0.410. The van der Waals surface area contributed by atoms with E-state index in [0.717, 1.165) is 16.8 Å². The second kappa shape index (κ2) is 5.42. The molecule has 2 N–H and O–H groups in total. The van der Waals surface area contributed by atoms with E-state index < -0.39 is 5.97 Å². The number of rotatable bonds is 3. The average molecular weight is 247 g/mol. The van der Waals surface area contributed by atoms with Crippen LogP contribution in [-0.2, 0) is 0 Å². The first kappa shape index (κ1) is 12.9. The normalized spacial score (nSPS) is 16.6. The highest BCUT2D eigenvalue weighted by atomic mass is 16.4. The maximum Gasteiger partial charge on any atom is 0.336 e. The minimum Gasteiger partial charge on any atom is -0.478 e. The minimum atomic E-state index is -0.845. The van der Waals surface area contributed by atoms with Crippen LogP contribution >= 0.6 is 0 Å². The smallest absolute Gasteiger partial charge is 0.336 e. The molecule has 0 bridgehead atoms. The summed E-state index contributed by atoms with van der Waals surface area (Å²) in [5, 5.41) is 12.7. The van der Waals surface area contributed by atoms with Crippen molar-refractivity contribution in [1.29, 1.82) is 0 Å². The van der Waals surface area contributed by atoms with Crippen LogP contribution in [0.5, 0.6) is 0 Å². The largest absolute Gasteiger partial charge is 0.478 e. The first-order valence-corrected chi connectivity index (χ1v) is 6.69. The van der Waals surface area contributed by atoms with Gasteiger partial charge in [-0.15, -0.1) is 0 Å². The van der Waals surface area contributed by atoms with Crippen LogP contribution in [0, 0.1) is 13.8 Å². The molecule has 0 radical (unpaired) electrons. The Morgan fingerprint density at radius 1 is 1.22 bits per heavy atom. The molecule has 0 aromatic heterocycles. The van der Waals surface area contributed by atoms with E-state index in [9.17, 15) is 9.90 Å². The Morgan fingerprint density at radius 3 is 2.50 bits per heavy atom. The van der Waals surface area contributed by atoms with Crippen LogP contribution in [0.4, 0.5) is 5.69 Å². The lowest BCUT2D eigenvalue weighted by atomic mass is 9.94. The lowest BCUT2D eigenvalue weighted by Gasteiger charge is -2.24. The van der Waals surface area contributed by atoms with Crippen LogP contribution in [0.1, 0.15) is 53.6 Å². The van der Waals surface area contributed by atoms with Gasteiger partial charge in [-0.2, -0.15) is 0 Å². The maximum absolute atomic E-state index is 11.2. The van der Waals surface area contributed by atoms with Gasteiger partial charge in [0.2, 0.25) is 0 Å². The van der Waals surface area contributed by atoms with Gasteiger partial charge < -0.3 is 10.4 Å². The summed E-state index contributed by atoms with van der Waals surface area (Å²) in [6, 6.07) is 4.32. The molecular weight excluding hydrogens is 226 g/mol. The lowest BCUT2D eigenvalue weighted by molar-refractivity contribution is 0.0696. The third-order valence-corrected chi connectivity index (χ3v) is 3.87. The molecule has 0 spiro atoms. The molecule has 1 aliphatic rings. The van der Waals surface area contributed by atoms with Gasteiger partial charge in [-0.25, -0.2) is 4.79 Å². The molecule has 1 fully saturated rings. The van der Waals surface area contributed by atoms with E-state index in [1.165, 1.54) is 32.1 Å². The quantitative estimate of drug-likeness (QED) is 0.855. The highest BCUT2D eigenvalue weighted by Gasteiger charge is 2.15. The van der Waals surface area contributed by atoms with Crippen molar-refractivity contribution < 1.29 is 9.90 Å². The SMILES string of the molecule is Cc1cc(NC2CCCCC2)cc(C(=O)O)c1C. The third-order valence-electron chi connectivity index (χ3n) is 3.87. The van der Waals surface area contributed by atoms with E-state index in [1.807, 2.05) is 13.8 Å². The van der Waals surface area contributed by atoms with Gasteiger partial charge in [0.15, 0.2) is 0 Å². The average Bonchev–Trinajstić information content (AvgIpc) is 2.34. The Kier molecular flexibility index (Phi) is 3.90. The van der Waals surface area contributed by atoms with E-state index in [1.54, 1.807) is 6.07 Å². The second-order valence-electron chi connectivity index (χ2n) is 5.25. The molecule has 2 rings (SSSR count). The molecule has 0 aliphatic heterocycles. The topological polar surface area (TPSA) is 49.3 Å². The molecule has 0 unspecified atom stereocenters. The van der Waals surface area contributed by atoms with Crippen molar-refractivity contribution in [1.82, 2.24) is 0 Å². The van der Waals surface area contributed by atoms with E-state index in [0.29, 0.717) is 11.6 Å². The van der Waals surface area contributed by atoms with Crippen molar-refractivity contribution in [3.63, 3.8) is 0 Å². The fourth-order valence-electron chi connectivity index (χ4n) is 2.65. The van der Waals surface area contributed by atoms with Gasteiger partial charge in [0.1, 0.15) is 0 Å². The number of hydrogen-bond acceptors (Lipinski definition) is 2. The van der Waals surface area contributed by atoms with Gasteiger partial charge in [-0.1, -0.05) is 19.3 Å². The number of carboxylic acids is 1. The highest BCUT2D eigenvalue weighted by Crippen LogP contribution is 2.25. The molecule has 0 atom stereocenters.